The molecule has 0 atom stereocenters. The van der Waals surface area contributed by atoms with Crippen molar-refractivity contribution in [2.24, 2.45) is 0 Å². The van der Waals surface area contributed by atoms with Crippen molar-refractivity contribution in [2.75, 3.05) is 25.5 Å². The maximum absolute atomic E-state index is 11.8. The molecule has 1 aromatic rings. The zero-order chi connectivity index (χ0) is 14.4. The number of carbonyl (C=O) groups excluding carboxylic acids is 1. The monoisotopic (exact) mass is 278 g/mol. The van der Waals surface area contributed by atoms with Crippen molar-refractivity contribution in [3.63, 3.8) is 0 Å². The number of nitrogens with one attached hydrogen (secondary N) is 1. The Morgan fingerprint density at radius 3 is 2.60 bits per heavy atom. The summed E-state index contributed by atoms with van der Waals surface area (Å²) in [6.07, 6.45) is 2.24. The van der Waals surface area contributed by atoms with Crippen LogP contribution in [0.25, 0.3) is 0 Å². The quantitative estimate of drug-likeness (QED) is 0.697. The van der Waals surface area contributed by atoms with Crippen LogP contribution < -0.4 is 11.1 Å². The third kappa shape index (κ3) is 4.51. The van der Waals surface area contributed by atoms with Crippen molar-refractivity contribution < 1.29 is 14.6 Å². The number of anilines is 1. The molecule has 1 aromatic carbocycles. The third-order valence-corrected chi connectivity index (χ3v) is 3.66. The van der Waals surface area contributed by atoms with Gasteiger partial charge in [-0.15, -0.1) is 0 Å². The molecule has 4 N–H and O–H groups in total. The maximum Gasteiger partial charge on any atom is 0.220 e. The van der Waals surface area contributed by atoms with Gasteiger partial charge in [0, 0.05) is 44.7 Å². The fourth-order valence-corrected chi connectivity index (χ4v) is 2.22. The van der Waals surface area contributed by atoms with Gasteiger partial charge in [-0.2, -0.15) is 0 Å². The molecule has 0 unspecified atom stereocenters. The molecule has 1 saturated heterocycles. The lowest BCUT2D eigenvalue weighted by Gasteiger charge is -2.32. The topological polar surface area (TPSA) is 84.6 Å². The van der Waals surface area contributed by atoms with Gasteiger partial charge in [0.1, 0.15) is 0 Å². The van der Waals surface area contributed by atoms with E-state index in [1.165, 1.54) is 0 Å². The summed E-state index contributed by atoms with van der Waals surface area (Å²) < 4.78 is 5.20. The first kappa shape index (κ1) is 14.8. The summed E-state index contributed by atoms with van der Waals surface area (Å²) in [5.41, 5.74) is 6.60. The van der Waals surface area contributed by atoms with Crippen LogP contribution in [0.4, 0.5) is 5.69 Å². The standard InChI is InChI=1S/C15H22N2O3/c16-13-4-1-12(2-5-13)3-6-14(18)17-11-15(19)7-9-20-10-8-15/h1-2,4-5,19H,3,6-11,16H2,(H,17,18). The molecule has 0 saturated carbocycles. The number of nitrogen functional groups attached to an aromatic ring is 1. The Bertz CT molecular complexity index is 439. The first-order valence-electron chi connectivity index (χ1n) is 6.99. The summed E-state index contributed by atoms with van der Waals surface area (Å²) in [6, 6.07) is 7.51. The smallest absolute Gasteiger partial charge is 0.220 e. The Labute approximate surface area is 119 Å². The van der Waals surface area contributed by atoms with Crippen LogP contribution in [0.2, 0.25) is 0 Å². The number of ether oxygens (including phenoxy) is 1. The SMILES string of the molecule is Nc1ccc(CCC(=O)NCC2(O)CCOCC2)cc1. The van der Waals surface area contributed by atoms with Crippen LogP contribution in [-0.2, 0) is 16.0 Å². The lowest BCUT2D eigenvalue weighted by Crippen LogP contribution is -2.46. The molecule has 0 spiro atoms. The maximum atomic E-state index is 11.8. The van der Waals surface area contributed by atoms with Gasteiger partial charge in [0.2, 0.25) is 5.91 Å². The summed E-state index contributed by atoms with van der Waals surface area (Å²) in [4.78, 5) is 11.8. The average Bonchev–Trinajstić information content (AvgIpc) is 2.45. The molecule has 0 aromatic heterocycles. The minimum Gasteiger partial charge on any atom is -0.399 e. The average molecular weight is 278 g/mol. The number of benzene rings is 1. The van der Waals surface area contributed by atoms with Crippen molar-refractivity contribution in [1.29, 1.82) is 0 Å². The molecule has 0 radical (unpaired) electrons. The Morgan fingerprint density at radius 1 is 1.30 bits per heavy atom. The minimum absolute atomic E-state index is 0.0401. The second-order valence-corrected chi connectivity index (χ2v) is 5.36. The molecule has 1 fully saturated rings. The molecular weight excluding hydrogens is 256 g/mol. The molecular formula is C15H22N2O3. The minimum atomic E-state index is -0.810. The largest absolute Gasteiger partial charge is 0.399 e. The van der Waals surface area contributed by atoms with Gasteiger partial charge in [0.05, 0.1) is 5.60 Å². The van der Waals surface area contributed by atoms with Crippen molar-refractivity contribution in [3.8, 4) is 0 Å². The van der Waals surface area contributed by atoms with Crippen molar-refractivity contribution in [2.45, 2.75) is 31.3 Å². The summed E-state index contributed by atoms with van der Waals surface area (Å²) in [6.45, 7) is 1.41. The van der Waals surface area contributed by atoms with Gasteiger partial charge in [-0.05, 0) is 24.1 Å². The highest BCUT2D eigenvalue weighted by molar-refractivity contribution is 5.76. The van der Waals surface area contributed by atoms with Crippen LogP contribution in [0.5, 0.6) is 0 Å². The summed E-state index contributed by atoms with van der Waals surface area (Å²) in [5.74, 6) is -0.0401. The lowest BCUT2D eigenvalue weighted by molar-refractivity contribution is -0.123. The number of amides is 1. The van der Waals surface area contributed by atoms with Crippen LogP contribution >= 0.6 is 0 Å². The fraction of sp³-hybridized carbons (Fsp3) is 0.533. The van der Waals surface area contributed by atoms with Crippen LogP contribution in [0.1, 0.15) is 24.8 Å². The van der Waals surface area contributed by atoms with Crippen molar-refractivity contribution in [1.82, 2.24) is 5.32 Å². The van der Waals surface area contributed by atoms with Gasteiger partial charge in [0.25, 0.3) is 0 Å². The number of hydrogen-bond acceptors (Lipinski definition) is 4. The molecule has 2 rings (SSSR count). The predicted molar refractivity (Wildman–Crippen MR) is 77.2 cm³/mol. The molecule has 1 heterocycles. The van der Waals surface area contributed by atoms with Crippen LogP contribution in [0, 0.1) is 0 Å². The van der Waals surface area contributed by atoms with Gasteiger partial charge in [-0.25, -0.2) is 0 Å². The highest BCUT2D eigenvalue weighted by atomic mass is 16.5. The van der Waals surface area contributed by atoms with E-state index in [9.17, 15) is 9.90 Å². The Balaban J connectivity index is 1.71. The number of aliphatic hydroxyl groups is 1. The summed E-state index contributed by atoms with van der Waals surface area (Å²) in [5, 5.41) is 13.0. The fourth-order valence-electron chi connectivity index (χ4n) is 2.22. The van der Waals surface area contributed by atoms with E-state index in [-0.39, 0.29) is 5.91 Å². The summed E-state index contributed by atoms with van der Waals surface area (Å²) >= 11 is 0. The van der Waals surface area contributed by atoms with Gasteiger partial charge in [-0.3, -0.25) is 4.79 Å². The van der Waals surface area contributed by atoms with Crippen molar-refractivity contribution in [3.05, 3.63) is 29.8 Å². The highest BCUT2D eigenvalue weighted by Gasteiger charge is 2.29. The van der Waals surface area contributed by atoms with Crippen molar-refractivity contribution >= 4 is 11.6 Å². The van der Waals surface area contributed by atoms with Gasteiger partial charge in [0.15, 0.2) is 0 Å². The second kappa shape index (κ2) is 6.72. The molecule has 1 aliphatic heterocycles. The van der Waals surface area contributed by atoms with Crippen LogP contribution in [0.15, 0.2) is 24.3 Å². The third-order valence-electron chi connectivity index (χ3n) is 3.66. The molecule has 5 nitrogen and oxygen atoms in total. The van der Waals surface area contributed by atoms with Gasteiger partial charge >= 0.3 is 0 Å². The van der Waals surface area contributed by atoms with Crippen LogP contribution in [0.3, 0.4) is 0 Å². The molecule has 5 heteroatoms. The van der Waals surface area contributed by atoms with E-state index >= 15 is 0 Å². The molecule has 1 aliphatic rings. The number of carbonyl (C=O) groups is 1. The Hall–Kier alpha value is -1.59. The Kier molecular flexibility index (Phi) is 4.98. The number of aryl methyl sites for hydroxylation is 1. The van der Waals surface area contributed by atoms with Gasteiger partial charge < -0.3 is 20.9 Å². The molecule has 1 amide bonds. The van der Waals surface area contributed by atoms with Gasteiger partial charge in [-0.1, -0.05) is 12.1 Å². The molecule has 20 heavy (non-hydrogen) atoms. The normalized spacial score (nSPS) is 17.6. The van der Waals surface area contributed by atoms with E-state index < -0.39 is 5.60 Å². The second-order valence-electron chi connectivity index (χ2n) is 5.36. The zero-order valence-corrected chi connectivity index (χ0v) is 11.6. The Morgan fingerprint density at radius 2 is 1.95 bits per heavy atom. The molecule has 0 aliphatic carbocycles. The van der Waals surface area contributed by atoms with E-state index in [2.05, 4.69) is 5.32 Å². The number of hydrogen-bond donors (Lipinski definition) is 3. The number of nitrogens with two attached hydrogens (primary N) is 1. The van der Waals surface area contributed by atoms with E-state index in [0.717, 1.165) is 11.3 Å². The van der Waals surface area contributed by atoms with E-state index in [1.54, 1.807) is 0 Å². The van der Waals surface area contributed by atoms with E-state index in [1.807, 2.05) is 24.3 Å². The first-order chi connectivity index (χ1) is 9.57. The zero-order valence-electron chi connectivity index (χ0n) is 11.6. The highest BCUT2D eigenvalue weighted by Crippen LogP contribution is 2.19. The number of rotatable bonds is 5. The van der Waals surface area contributed by atoms with E-state index in [4.69, 9.17) is 10.5 Å². The first-order valence-corrected chi connectivity index (χ1v) is 6.99. The summed E-state index contributed by atoms with van der Waals surface area (Å²) in [7, 11) is 0. The van der Waals surface area contributed by atoms with Crippen LogP contribution in [-0.4, -0.2) is 36.4 Å². The molecule has 0 bridgehead atoms. The lowest BCUT2D eigenvalue weighted by atomic mass is 9.94. The molecule has 110 valence electrons. The van der Waals surface area contributed by atoms with E-state index in [0.29, 0.717) is 45.4 Å². The predicted octanol–water partition coefficient (Wildman–Crippen LogP) is 0.859.